The second-order valence-electron chi connectivity index (χ2n) is 7.07. The molecule has 0 unspecified atom stereocenters. The lowest BCUT2D eigenvalue weighted by Gasteiger charge is -2.28. The van der Waals surface area contributed by atoms with E-state index in [-0.39, 0.29) is 18.1 Å². The molecule has 0 fully saturated rings. The second kappa shape index (κ2) is 7.55. The first-order valence-corrected chi connectivity index (χ1v) is 8.75. The first-order chi connectivity index (χ1) is 12.3. The summed E-state index contributed by atoms with van der Waals surface area (Å²) >= 11 is 0. The van der Waals surface area contributed by atoms with Crippen molar-refractivity contribution in [1.29, 1.82) is 0 Å². The highest BCUT2D eigenvalue weighted by Crippen LogP contribution is 2.22. The number of carbonyl (C=O) groups excluding carboxylic acids is 1. The third-order valence-corrected chi connectivity index (χ3v) is 4.80. The molecule has 1 aromatic heterocycles. The Hall–Kier alpha value is -2.25. The van der Waals surface area contributed by atoms with E-state index in [9.17, 15) is 14.3 Å². The molecule has 0 bridgehead atoms. The van der Waals surface area contributed by atoms with Gasteiger partial charge in [-0.15, -0.1) is 0 Å². The summed E-state index contributed by atoms with van der Waals surface area (Å²) < 4.78 is 15.2. The molecule has 0 saturated carbocycles. The minimum absolute atomic E-state index is 0.0297. The Morgan fingerprint density at radius 1 is 1.35 bits per heavy atom. The zero-order valence-corrected chi connectivity index (χ0v) is 15.4. The van der Waals surface area contributed by atoms with Crippen molar-refractivity contribution in [2.75, 3.05) is 20.6 Å². The van der Waals surface area contributed by atoms with Gasteiger partial charge in [0.15, 0.2) is 0 Å². The predicted octanol–water partition coefficient (Wildman–Crippen LogP) is 1.86. The van der Waals surface area contributed by atoms with Gasteiger partial charge in [-0.2, -0.15) is 5.10 Å². The van der Waals surface area contributed by atoms with Crippen molar-refractivity contribution in [3.63, 3.8) is 0 Å². The summed E-state index contributed by atoms with van der Waals surface area (Å²) in [4.78, 5) is 15.5. The number of aryl methyl sites for hydroxylation is 1. The van der Waals surface area contributed by atoms with Gasteiger partial charge < -0.3 is 10.0 Å². The monoisotopic (exact) mass is 360 g/mol. The fourth-order valence-electron chi connectivity index (χ4n) is 3.17. The molecule has 0 radical (unpaired) electrons. The summed E-state index contributed by atoms with van der Waals surface area (Å²) in [6, 6.07) is 6.75. The molecule has 7 heteroatoms. The van der Waals surface area contributed by atoms with E-state index in [1.54, 1.807) is 20.2 Å². The average Bonchev–Trinajstić information content (AvgIpc) is 3.00. The number of aromatic nitrogens is 2. The maximum Gasteiger partial charge on any atom is 0.225 e. The molecule has 1 N–H and O–H groups in total. The van der Waals surface area contributed by atoms with Crippen molar-refractivity contribution in [2.24, 2.45) is 0 Å². The van der Waals surface area contributed by atoms with E-state index < -0.39 is 6.10 Å². The van der Waals surface area contributed by atoms with Crippen LogP contribution in [0.5, 0.6) is 0 Å². The minimum atomic E-state index is -0.893. The number of benzene rings is 1. The fraction of sp³-hybridized carbons (Fsp3) is 0.474. The number of amides is 1. The van der Waals surface area contributed by atoms with E-state index >= 15 is 0 Å². The van der Waals surface area contributed by atoms with Crippen molar-refractivity contribution < 1.29 is 14.3 Å². The molecule has 6 nitrogen and oxygen atoms in total. The molecular formula is C19H25FN4O2. The van der Waals surface area contributed by atoms with Crippen molar-refractivity contribution in [3.8, 4) is 0 Å². The molecule has 26 heavy (non-hydrogen) atoms. The molecule has 1 amide bonds. The van der Waals surface area contributed by atoms with Crippen LogP contribution in [0.2, 0.25) is 0 Å². The van der Waals surface area contributed by atoms with E-state index in [1.807, 2.05) is 23.7 Å². The van der Waals surface area contributed by atoms with Crippen molar-refractivity contribution >= 4 is 5.91 Å². The highest BCUT2D eigenvalue weighted by molar-refractivity contribution is 5.76. The molecule has 1 aliphatic heterocycles. The summed E-state index contributed by atoms with van der Waals surface area (Å²) in [5, 5.41) is 14.7. The standard InChI is InChI=1S/C19H25FN4O2/c1-13-8-15(20)5-4-14(13)11-23-6-7-24-16(12-23)9-17(21-24)18(25)10-19(26)22(2)3/h4-5,8-9,18,25H,6-7,10-12H2,1-3H3/t18-/m1/s1. The summed E-state index contributed by atoms with van der Waals surface area (Å²) in [5.74, 6) is -0.342. The van der Waals surface area contributed by atoms with Crippen LogP contribution >= 0.6 is 0 Å². The highest BCUT2D eigenvalue weighted by atomic mass is 19.1. The topological polar surface area (TPSA) is 61.6 Å². The molecule has 0 aliphatic carbocycles. The molecule has 1 atom stereocenters. The van der Waals surface area contributed by atoms with Gasteiger partial charge >= 0.3 is 0 Å². The first kappa shape index (κ1) is 18.5. The molecule has 0 saturated heterocycles. The summed E-state index contributed by atoms with van der Waals surface area (Å²) in [7, 11) is 3.34. The lowest BCUT2D eigenvalue weighted by molar-refractivity contribution is -0.130. The highest BCUT2D eigenvalue weighted by Gasteiger charge is 2.23. The molecular weight excluding hydrogens is 335 g/mol. The van der Waals surface area contributed by atoms with Crippen LogP contribution in [0.1, 0.15) is 35.0 Å². The van der Waals surface area contributed by atoms with Gasteiger partial charge in [0.25, 0.3) is 0 Å². The van der Waals surface area contributed by atoms with E-state index in [2.05, 4.69) is 10.00 Å². The van der Waals surface area contributed by atoms with Gasteiger partial charge in [0.05, 0.1) is 24.4 Å². The van der Waals surface area contributed by atoms with Crippen molar-refractivity contribution in [1.82, 2.24) is 19.6 Å². The van der Waals surface area contributed by atoms with E-state index in [4.69, 9.17) is 0 Å². The molecule has 2 aromatic rings. The maximum absolute atomic E-state index is 13.3. The van der Waals surface area contributed by atoms with E-state index in [0.29, 0.717) is 12.2 Å². The van der Waals surface area contributed by atoms with Crippen LogP contribution in [0.3, 0.4) is 0 Å². The van der Waals surface area contributed by atoms with Crippen LogP contribution in [0, 0.1) is 12.7 Å². The van der Waals surface area contributed by atoms with Gasteiger partial charge in [-0.3, -0.25) is 14.4 Å². The third kappa shape index (κ3) is 4.11. The number of hydrogen-bond donors (Lipinski definition) is 1. The van der Waals surface area contributed by atoms with E-state index in [0.717, 1.165) is 36.5 Å². The SMILES string of the molecule is Cc1cc(F)ccc1CN1CCn2nc([C@H](O)CC(=O)N(C)C)cc2C1. The van der Waals surface area contributed by atoms with Crippen LogP contribution in [0.25, 0.3) is 0 Å². The van der Waals surface area contributed by atoms with E-state index in [1.165, 1.54) is 11.0 Å². The zero-order chi connectivity index (χ0) is 18.8. The Labute approximate surface area is 152 Å². The van der Waals surface area contributed by atoms with Gasteiger partial charge in [-0.25, -0.2) is 4.39 Å². The summed E-state index contributed by atoms with van der Waals surface area (Å²) in [6.07, 6.45) is -0.863. The normalized spacial score (nSPS) is 15.6. The number of fused-ring (bicyclic) bond motifs is 1. The van der Waals surface area contributed by atoms with Crippen LogP contribution in [0.4, 0.5) is 4.39 Å². The largest absolute Gasteiger partial charge is 0.386 e. The fourth-order valence-corrected chi connectivity index (χ4v) is 3.17. The Bertz CT molecular complexity index is 803. The van der Waals surface area contributed by atoms with Crippen molar-refractivity contribution in [3.05, 3.63) is 52.6 Å². The van der Waals surface area contributed by atoms with Crippen molar-refractivity contribution in [2.45, 2.75) is 39.1 Å². The minimum Gasteiger partial charge on any atom is -0.386 e. The molecule has 1 aromatic carbocycles. The Morgan fingerprint density at radius 2 is 2.12 bits per heavy atom. The van der Waals surface area contributed by atoms with Gasteiger partial charge in [0.2, 0.25) is 5.91 Å². The zero-order valence-electron chi connectivity index (χ0n) is 15.4. The van der Waals surface area contributed by atoms with Crippen LogP contribution in [-0.2, 0) is 24.4 Å². The molecule has 1 aliphatic rings. The van der Waals surface area contributed by atoms with Gasteiger partial charge in [0.1, 0.15) is 11.9 Å². The number of rotatable bonds is 5. The number of aliphatic hydroxyl groups is 1. The third-order valence-electron chi connectivity index (χ3n) is 4.80. The predicted molar refractivity (Wildman–Crippen MR) is 95.7 cm³/mol. The first-order valence-electron chi connectivity index (χ1n) is 8.75. The molecule has 140 valence electrons. The smallest absolute Gasteiger partial charge is 0.225 e. The Kier molecular flexibility index (Phi) is 5.38. The molecule has 0 spiro atoms. The second-order valence-corrected chi connectivity index (χ2v) is 7.07. The molecule has 3 rings (SSSR count). The number of aliphatic hydroxyl groups excluding tert-OH is 1. The molecule has 2 heterocycles. The maximum atomic E-state index is 13.3. The van der Waals surface area contributed by atoms with Crippen LogP contribution in [0.15, 0.2) is 24.3 Å². The van der Waals surface area contributed by atoms with Crippen LogP contribution < -0.4 is 0 Å². The van der Waals surface area contributed by atoms with Gasteiger partial charge in [-0.05, 0) is 36.2 Å². The number of halogens is 1. The Morgan fingerprint density at radius 3 is 2.81 bits per heavy atom. The number of hydrogen-bond acceptors (Lipinski definition) is 4. The summed E-state index contributed by atoms with van der Waals surface area (Å²) in [6.45, 7) is 4.93. The number of nitrogens with zero attached hydrogens (tertiary/aromatic N) is 4. The Balaban J connectivity index is 1.67. The average molecular weight is 360 g/mol. The quantitative estimate of drug-likeness (QED) is 0.884. The van der Waals surface area contributed by atoms with Crippen LogP contribution in [-0.4, -0.2) is 51.2 Å². The van der Waals surface area contributed by atoms with Gasteiger partial charge in [0, 0.05) is 33.7 Å². The number of carbonyl (C=O) groups is 1. The summed E-state index contributed by atoms with van der Waals surface area (Å²) in [5.41, 5.74) is 3.61. The van der Waals surface area contributed by atoms with Gasteiger partial charge in [-0.1, -0.05) is 6.07 Å². The lowest BCUT2D eigenvalue weighted by Crippen LogP contribution is -2.33. The lowest BCUT2D eigenvalue weighted by atomic mass is 10.1.